The smallest absolute Gasteiger partial charge is 0.236 e. The molecule has 0 spiro atoms. The van der Waals surface area contributed by atoms with Crippen molar-refractivity contribution in [3.63, 3.8) is 0 Å². The Morgan fingerprint density at radius 1 is 1.12 bits per heavy atom. The van der Waals surface area contributed by atoms with Gasteiger partial charge >= 0.3 is 6.18 Å². The molecule has 0 aromatic heterocycles. The van der Waals surface area contributed by atoms with Crippen molar-refractivity contribution < 1.29 is 25.3 Å². The van der Waals surface area contributed by atoms with Crippen molar-refractivity contribution in [2.24, 2.45) is 0 Å². The first-order valence-electron chi connectivity index (χ1n) is 4.60. The summed E-state index contributed by atoms with van der Waals surface area (Å²) in [5.41, 5.74) is 0.705. The van der Waals surface area contributed by atoms with Crippen molar-refractivity contribution in [2.75, 3.05) is 5.75 Å². The van der Waals surface area contributed by atoms with Gasteiger partial charge in [0.25, 0.3) is 0 Å². The monoisotopic (exact) mass is 276 g/mol. The molecule has 0 bridgehead atoms. The van der Waals surface area contributed by atoms with Crippen LogP contribution in [0.2, 0.25) is 0 Å². The van der Waals surface area contributed by atoms with Crippen LogP contribution in [0.1, 0.15) is 5.56 Å². The van der Waals surface area contributed by atoms with Crippen molar-refractivity contribution in [1.29, 1.82) is 0 Å². The number of hydrogen-bond acceptors (Lipinski definition) is 0. The predicted molar refractivity (Wildman–Crippen MR) is 55.1 cm³/mol. The molecule has 0 radical (unpaired) electrons. The van der Waals surface area contributed by atoms with Gasteiger partial charge < -0.3 is 0 Å². The van der Waals surface area contributed by atoms with Crippen LogP contribution in [0.3, 0.4) is 0 Å². The molecule has 0 nitrogen and oxygen atoms in total. The van der Waals surface area contributed by atoms with Crippen LogP contribution in [0.25, 0.3) is 0 Å². The summed E-state index contributed by atoms with van der Waals surface area (Å²) in [6.07, 6.45) is -8.73. The fourth-order valence-electron chi connectivity index (χ4n) is 1.11. The fraction of sp³-hybridized carbons (Fsp3) is 0.400. The number of alkyl halides is 4. The van der Waals surface area contributed by atoms with Gasteiger partial charge in [-0.05, 0) is 19.1 Å². The molecule has 0 aliphatic heterocycles. The molecular formula is C10H10F6S. The van der Waals surface area contributed by atoms with Crippen molar-refractivity contribution in [1.82, 2.24) is 0 Å². The Morgan fingerprint density at radius 2 is 1.59 bits per heavy atom. The van der Waals surface area contributed by atoms with Crippen LogP contribution in [0.5, 0.6) is 0 Å². The summed E-state index contributed by atoms with van der Waals surface area (Å²) in [4.78, 5) is -0.532. The highest BCUT2D eigenvalue weighted by Crippen LogP contribution is 2.60. The lowest BCUT2D eigenvalue weighted by Gasteiger charge is -2.24. The molecule has 1 aromatic carbocycles. The highest BCUT2D eigenvalue weighted by atomic mass is 32.3. The second-order valence-corrected chi connectivity index (χ2v) is 5.52. The molecule has 0 heterocycles. The molecule has 0 saturated heterocycles. The quantitative estimate of drug-likeness (QED) is 0.694. The van der Waals surface area contributed by atoms with Crippen LogP contribution in [-0.2, 0) is 0 Å². The molecule has 1 atom stereocenters. The molecule has 0 saturated carbocycles. The van der Waals surface area contributed by atoms with Gasteiger partial charge in [-0.15, -0.1) is 0 Å². The number of benzene rings is 1. The zero-order chi connectivity index (χ0) is 13.3. The first-order chi connectivity index (χ1) is 7.63. The van der Waals surface area contributed by atoms with Crippen LogP contribution < -0.4 is 0 Å². The van der Waals surface area contributed by atoms with Gasteiger partial charge in [0.15, 0.2) is 0 Å². The Hall–Kier alpha value is -0.850. The molecule has 1 unspecified atom stereocenters. The lowest BCUT2D eigenvalue weighted by atomic mass is 10.2. The molecule has 0 aliphatic rings. The summed E-state index contributed by atoms with van der Waals surface area (Å²) in [5, 5.41) is 0. The van der Waals surface area contributed by atoms with Gasteiger partial charge in [0, 0.05) is 4.90 Å². The summed E-state index contributed by atoms with van der Waals surface area (Å²) < 4.78 is 75.0. The average Bonchev–Trinajstić information content (AvgIpc) is 2.16. The number of hydrogen-bond donors (Lipinski definition) is 0. The Labute approximate surface area is 96.5 Å². The molecule has 1 aromatic rings. The van der Waals surface area contributed by atoms with E-state index < -0.39 is 33.8 Å². The number of rotatable bonds is 3. The summed E-state index contributed by atoms with van der Waals surface area (Å²) >= 11 is 0. The molecule has 0 N–H and O–H groups in total. The molecule has 98 valence electrons. The predicted octanol–water partition coefficient (Wildman–Crippen LogP) is 4.83. The van der Waals surface area contributed by atoms with Gasteiger partial charge in [0.05, 0.1) is 16.6 Å². The normalized spacial score (nSPS) is 15.7. The number of aryl methyl sites for hydroxylation is 1. The third kappa shape index (κ3) is 3.83. The minimum atomic E-state index is -5.23. The first kappa shape index (κ1) is 14.2. The molecule has 17 heavy (non-hydrogen) atoms. The lowest BCUT2D eigenvalue weighted by molar-refractivity contribution is -0.173. The van der Waals surface area contributed by atoms with Gasteiger partial charge in [-0.3, -0.25) is 0 Å². The lowest BCUT2D eigenvalue weighted by Crippen LogP contribution is -2.28. The zero-order valence-corrected chi connectivity index (χ0v) is 9.59. The van der Waals surface area contributed by atoms with Gasteiger partial charge in [0.2, 0.25) is 6.17 Å². The highest BCUT2D eigenvalue weighted by Gasteiger charge is 2.45. The molecule has 0 aliphatic carbocycles. The maximum atomic E-state index is 13.4. The summed E-state index contributed by atoms with van der Waals surface area (Å²) in [6.45, 7) is 1.66. The van der Waals surface area contributed by atoms with Crippen molar-refractivity contribution in [3.8, 4) is 0 Å². The summed E-state index contributed by atoms with van der Waals surface area (Å²) in [7, 11) is -4.75. The van der Waals surface area contributed by atoms with E-state index in [9.17, 15) is 25.3 Å². The van der Waals surface area contributed by atoms with Crippen LogP contribution >= 0.6 is 10.8 Å². The van der Waals surface area contributed by atoms with E-state index in [2.05, 4.69) is 0 Å². The van der Waals surface area contributed by atoms with Crippen LogP contribution in [-0.4, -0.2) is 18.1 Å². The molecule has 0 amide bonds. The van der Waals surface area contributed by atoms with E-state index in [1.54, 1.807) is 6.92 Å². The van der Waals surface area contributed by atoms with Crippen LogP contribution in [0, 0.1) is 6.92 Å². The Morgan fingerprint density at radius 3 is 2.00 bits per heavy atom. The number of halogens is 6. The van der Waals surface area contributed by atoms with Crippen molar-refractivity contribution in [2.45, 2.75) is 24.2 Å². The van der Waals surface area contributed by atoms with Crippen LogP contribution in [0.4, 0.5) is 25.3 Å². The van der Waals surface area contributed by atoms with Gasteiger partial charge in [-0.1, -0.05) is 17.7 Å². The van der Waals surface area contributed by atoms with Crippen molar-refractivity contribution >= 4 is 10.8 Å². The SMILES string of the molecule is Cc1ccc(S(F)(F)CC(F)C(F)(F)F)cc1. The van der Waals surface area contributed by atoms with E-state index in [4.69, 9.17) is 0 Å². The molecule has 0 fully saturated rings. The van der Waals surface area contributed by atoms with E-state index in [1.165, 1.54) is 12.1 Å². The molecular weight excluding hydrogens is 266 g/mol. The third-order valence-corrected chi connectivity index (χ3v) is 3.75. The third-order valence-electron chi connectivity index (χ3n) is 2.08. The maximum absolute atomic E-state index is 13.4. The highest BCUT2D eigenvalue weighted by molar-refractivity contribution is 8.25. The van der Waals surface area contributed by atoms with Crippen molar-refractivity contribution in [3.05, 3.63) is 29.8 Å². The van der Waals surface area contributed by atoms with E-state index in [1.807, 2.05) is 0 Å². The standard InChI is InChI=1S/C10H10F6S/c1-7-2-4-8(5-3-7)17(15,16)6-9(11)10(12,13)14/h2-5,9H,6H2,1H3. The fourth-order valence-corrected chi connectivity index (χ4v) is 2.40. The van der Waals surface area contributed by atoms with Gasteiger partial charge in [0.1, 0.15) is 0 Å². The summed E-state index contributed by atoms with van der Waals surface area (Å²) in [6, 6.07) is 4.79. The van der Waals surface area contributed by atoms with Gasteiger partial charge in [-0.2, -0.15) is 20.9 Å². The second kappa shape index (κ2) is 4.80. The van der Waals surface area contributed by atoms with Crippen LogP contribution in [0.15, 0.2) is 29.2 Å². The zero-order valence-electron chi connectivity index (χ0n) is 8.77. The van der Waals surface area contributed by atoms with E-state index in [0.29, 0.717) is 5.56 Å². The first-order valence-corrected chi connectivity index (χ1v) is 6.21. The largest absolute Gasteiger partial charge is 0.420 e. The minimum Gasteiger partial charge on any atom is -0.236 e. The maximum Gasteiger partial charge on any atom is 0.420 e. The molecule has 7 heteroatoms. The Bertz CT molecular complexity index is 369. The van der Waals surface area contributed by atoms with Gasteiger partial charge in [-0.25, -0.2) is 4.39 Å². The minimum absolute atomic E-state index is 0.532. The Kier molecular flexibility index (Phi) is 4.01. The van der Waals surface area contributed by atoms with E-state index >= 15 is 0 Å². The topological polar surface area (TPSA) is 0 Å². The second-order valence-electron chi connectivity index (χ2n) is 3.56. The summed E-state index contributed by atoms with van der Waals surface area (Å²) in [5.74, 6) is -1.81. The van der Waals surface area contributed by atoms with E-state index in [-0.39, 0.29) is 0 Å². The van der Waals surface area contributed by atoms with E-state index in [0.717, 1.165) is 12.1 Å². The average molecular weight is 276 g/mol. The Balaban J connectivity index is 2.85. The molecule has 1 rings (SSSR count).